The fourth-order valence-corrected chi connectivity index (χ4v) is 3.25. The third-order valence-electron chi connectivity index (χ3n) is 2.76. The minimum atomic E-state index is -0.404. The van der Waals surface area contributed by atoms with Gasteiger partial charge in [-0.25, -0.2) is 0 Å². The van der Waals surface area contributed by atoms with Crippen molar-refractivity contribution >= 4 is 34.9 Å². The maximum Gasteiger partial charge on any atom is 0.231 e. The van der Waals surface area contributed by atoms with Crippen LogP contribution in [0.4, 0.5) is 0 Å². The third-order valence-corrected chi connectivity index (χ3v) is 4.59. The summed E-state index contributed by atoms with van der Waals surface area (Å²) < 4.78 is 1.80. The smallest absolute Gasteiger partial charge is 0.231 e. The number of hydrogen-bond acceptors (Lipinski definition) is 6. The molecule has 2 aromatic rings. The Hall–Kier alpha value is -2.31. The highest BCUT2D eigenvalue weighted by atomic mass is 32.2. The summed E-state index contributed by atoms with van der Waals surface area (Å²) in [5, 5.41) is 13.4. The number of nitrogens with zero attached hydrogens (tertiary/aromatic N) is 3. The summed E-state index contributed by atoms with van der Waals surface area (Å²) in [6, 6.07) is 3.83. The van der Waals surface area contributed by atoms with Gasteiger partial charge in [-0.2, -0.15) is 0 Å². The van der Waals surface area contributed by atoms with E-state index in [-0.39, 0.29) is 24.6 Å². The van der Waals surface area contributed by atoms with Crippen LogP contribution in [0.5, 0.6) is 0 Å². The normalized spacial score (nSPS) is 10.2. The van der Waals surface area contributed by atoms with Crippen LogP contribution in [0.2, 0.25) is 0 Å². The van der Waals surface area contributed by atoms with E-state index in [0.717, 1.165) is 4.88 Å². The number of carbonyl (C=O) groups excluding carboxylic acids is 2. The van der Waals surface area contributed by atoms with E-state index in [0.29, 0.717) is 17.5 Å². The molecular formula is C14H15N5O2S2. The van der Waals surface area contributed by atoms with Crippen LogP contribution in [0.15, 0.2) is 22.7 Å². The van der Waals surface area contributed by atoms with Gasteiger partial charge in [0.1, 0.15) is 0 Å². The predicted molar refractivity (Wildman–Crippen MR) is 89.7 cm³/mol. The number of nitrogens with two attached hydrogens (primary N) is 1. The average molecular weight is 349 g/mol. The SMILES string of the molecule is C#CCNC(=O)CSc1nnc(-c2cccs2)n1CCC(N)=O. The maximum atomic E-state index is 11.6. The van der Waals surface area contributed by atoms with Crippen molar-refractivity contribution in [3.8, 4) is 23.0 Å². The summed E-state index contributed by atoms with van der Waals surface area (Å²) in [6.45, 7) is 0.554. The molecule has 0 aliphatic carbocycles. The lowest BCUT2D eigenvalue weighted by molar-refractivity contribution is -0.119. The molecule has 0 aliphatic rings. The van der Waals surface area contributed by atoms with Crippen molar-refractivity contribution < 1.29 is 9.59 Å². The van der Waals surface area contributed by atoms with Crippen molar-refractivity contribution in [2.24, 2.45) is 5.73 Å². The topological polar surface area (TPSA) is 103 Å². The summed E-state index contributed by atoms with van der Waals surface area (Å²) >= 11 is 2.76. The highest BCUT2D eigenvalue weighted by Crippen LogP contribution is 2.27. The highest BCUT2D eigenvalue weighted by Gasteiger charge is 2.16. The molecule has 0 saturated carbocycles. The molecule has 9 heteroatoms. The first-order valence-electron chi connectivity index (χ1n) is 6.70. The van der Waals surface area contributed by atoms with E-state index >= 15 is 0 Å². The number of nitrogens with one attached hydrogen (secondary N) is 1. The van der Waals surface area contributed by atoms with Crippen LogP contribution in [-0.4, -0.2) is 38.9 Å². The number of thiophene rings is 1. The fourth-order valence-electron chi connectivity index (χ4n) is 1.74. The molecule has 2 amide bonds. The number of rotatable bonds is 8. The number of primary amides is 1. The molecule has 3 N–H and O–H groups in total. The van der Waals surface area contributed by atoms with Crippen LogP contribution >= 0.6 is 23.1 Å². The molecule has 2 heterocycles. The lowest BCUT2D eigenvalue weighted by atomic mass is 10.4. The zero-order valence-electron chi connectivity index (χ0n) is 12.2. The van der Waals surface area contributed by atoms with E-state index in [9.17, 15) is 9.59 Å². The minimum Gasteiger partial charge on any atom is -0.370 e. The van der Waals surface area contributed by atoms with Crippen LogP contribution in [0.3, 0.4) is 0 Å². The number of hydrogen-bond donors (Lipinski definition) is 2. The quantitative estimate of drug-likeness (QED) is 0.540. The summed E-state index contributed by atoms with van der Waals surface area (Å²) in [5.74, 6) is 2.58. The van der Waals surface area contributed by atoms with Crippen LogP contribution < -0.4 is 11.1 Å². The van der Waals surface area contributed by atoms with Gasteiger partial charge < -0.3 is 15.6 Å². The van der Waals surface area contributed by atoms with Crippen molar-refractivity contribution in [2.75, 3.05) is 12.3 Å². The van der Waals surface area contributed by atoms with Crippen molar-refractivity contribution in [3.05, 3.63) is 17.5 Å². The zero-order valence-corrected chi connectivity index (χ0v) is 13.8. The third kappa shape index (κ3) is 4.84. The predicted octanol–water partition coefficient (Wildman–Crippen LogP) is 0.724. The van der Waals surface area contributed by atoms with Crippen molar-refractivity contribution in [2.45, 2.75) is 18.1 Å². The average Bonchev–Trinajstić information content (AvgIpc) is 3.17. The van der Waals surface area contributed by atoms with Gasteiger partial charge in [0.05, 0.1) is 17.2 Å². The van der Waals surface area contributed by atoms with Gasteiger partial charge >= 0.3 is 0 Å². The molecule has 0 fully saturated rings. The summed E-state index contributed by atoms with van der Waals surface area (Å²) in [4.78, 5) is 23.6. The van der Waals surface area contributed by atoms with Crippen LogP contribution in [0.1, 0.15) is 6.42 Å². The van der Waals surface area contributed by atoms with Crippen LogP contribution in [-0.2, 0) is 16.1 Å². The van der Waals surface area contributed by atoms with Gasteiger partial charge in [-0.1, -0.05) is 23.7 Å². The molecule has 23 heavy (non-hydrogen) atoms. The molecule has 0 aromatic carbocycles. The molecule has 0 bridgehead atoms. The number of aromatic nitrogens is 3. The molecule has 7 nitrogen and oxygen atoms in total. The largest absolute Gasteiger partial charge is 0.370 e. The first-order chi connectivity index (χ1) is 11.1. The molecular weight excluding hydrogens is 334 g/mol. The lowest BCUT2D eigenvalue weighted by Gasteiger charge is -2.08. The number of carbonyl (C=O) groups is 2. The van der Waals surface area contributed by atoms with Crippen molar-refractivity contribution in [1.82, 2.24) is 20.1 Å². The van der Waals surface area contributed by atoms with Crippen LogP contribution in [0.25, 0.3) is 10.7 Å². The highest BCUT2D eigenvalue weighted by molar-refractivity contribution is 7.99. The summed E-state index contributed by atoms with van der Waals surface area (Å²) in [7, 11) is 0. The Morgan fingerprint density at radius 1 is 1.48 bits per heavy atom. The van der Waals surface area contributed by atoms with E-state index in [1.165, 1.54) is 23.1 Å². The second-order valence-electron chi connectivity index (χ2n) is 4.42. The van der Waals surface area contributed by atoms with Gasteiger partial charge in [0.15, 0.2) is 11.0 Å². The van der Waals surface area contributed by atoms with Crippen LogP contribution in [0, 0.1) is 12.3 Å². The zero-order chi connectivity index (χ0) is 16.7. The Labute approximate surface area is 141 Å². The Morgan fingerprint density at radius 3 is 2.96 bits per heavy atom. The van der Waals surface area contributed by atoms with E-state index in [4.69, 9.17) is 12.2 Å². The van der Waals surface area contributed by atoms with Gasteiger partial charge in [-0.05, 0) is 11.4 Å². The fraction of sp³-hybridized carbons (Fsp3) is 0.286. The number of thioether (sulfide) groups is 1. The summed E-state index contributed by atoms with van der Waals surface area (Å²) in [6.07, 6.45) is 5.27. The molecule has 0 saturated heterocycles. The second kappa shape index (κ2) is 8.36. The molecule has 2 rings (SSSR count). The number of amides is 2. The molecule has 2 aromatic heterocycles. The van der Waals surface area contributed by atoms with E-state index in [1.807, 2.05) is 17.5 Å². The Bertz CT molecular complexity index is 718. The van der Waals surface area contributed by atoms with Gasteiger partial charge in [0.25, 0.3) is 0 Å². The molecule has 0 unspecified atom stereocenters. The van der Waals surface area contributed by atoms with Crippen molar-refractivity contribution in [1.29, 1.82) is 0 Å². The lowest BCUT2D eigenvalue weighted by Crippen LogP contribution is -2.25. The standard InChI is InChI=1S/C14H15N5O2S2/c1-2-6-16-12(21)9-23-14-18-17-13(10-4-3-8-22-10)19(14)7-5-11(15)20/h1,3-4,8H,5-7,9H2,(H2,15,20)(H,16,21). The molecule has 0 radical (unpaired) electrons. The first kappa shape index (κ1) is 17.1. The monoisotopic (exact) mass is 349 g/mol. The van der Waals surface area contributed by atoms with Gasteiger partial charge in [0.2, 0.25) is 11.8 Å². The van der Waals surface area contributed by atoms with E-state index < -0.39 is 5.91 Å². The van der Waals surface area contributed by atoms with Crippen molar-refractivity contribution in [3.63, 3.8) is 0 Å². The first-order valence-corrected chi connectivity index (χ1v) is 8.56. The van der Waals surface area contributed by atoms with Gasteiger partial charge in [-0.3, -0.25) is 9.59 Å². The molecule has 120 valence electrons. The molecule has 0 spiro atoms. The number of terminal acetylenes is 1. The summed E-state index contributed by atoms with van der Waals surface area (Å²) in [5.41, 5.74) is 5.22. The molecule has 0 atom stereocenters. The van der Waals surface area contributed by atoms with E-state index in [1.54, 1.807) is 4.57 Å². The Kier molecular flexibility index (Phi) is 6.19. The minimum absolute atomic E-state index is 0.167. The van der Waals surface area contributed by atoms with E-state index in [2.05, 4.69) is 21.4 Å². The van der Waals surface area contributed by atoms with Gasteiger partial charge in [-0.15, -0.1) is 28.0 Å². The molecule has 0 aliphatic heterocycles. The Balaban J connectivity index is 2.13. The van der Waals surface area contributed by atoms with Gasteiger partial charge in [0, 0.05) is 13.0 Å². The maximum absolute atomic E-state index is 11.6. The second-order valence-corrected chi connectivity index (χ2v) is 6.31. The Morgan fingerprint density at radius 2 is 2.30 bits per heavy atom.